The summed E-state index contributed by atoms with van der Waals surface area (Å²) in [6.45, 7) is 0.204. The van der Waals surface area contributed by atoms with E-state index >= 15 is 0 Å². The molecule has 3 heteroatoms. The molecule has 0 aromatic heterocycles. The Morgan fingerprint density at radius 3 is 3.00 bits per heavy atom. The number of aliphatic hydroxyl groups is 1. The fraction of sp³-hybridized carbons (Fsp3) is 0.500. The van der Waals surface area contributed by atoms with Crippen molar-refractivity contribution < 1.29 is 5.11 Å². The highest BCUT2D eigenvalue weighted by molar-refractivity contribution is 9.10. The molecule has 0 bridgehead atoms. The number of aliphatic hydroxyl groups excluding tert-OH is 1. The van der Waals surface area contributed by atoms with Crippen LogP contribution in [0.4, 0.5) is 0 Å². The van der Waals surface area contributed by atoms with Crippen LogP contribution in [-0.2, 0) is 12.8 Å². The van der Waals surface area contributed by atoms with Crippen molar-refractivity contribution in [2.75, 3.05) is 13.7 Å². The molecular formula is C12H16BrNO. The summed E-state index contributed by atoms with van der Waals surface area (Å²) in [6, 6.07) is 6.30. The van der Waals surface area contributed by atoms with Crippen molar-refractivity contribution in [2.45, 2.75) is 24.8 Å². The summed E-state index contributed by atoms with van der Waals surface area (Å²) in [7, 11) is 1.93. The number of hydrogen-bond acceptors (Lipinski definition) is 2. The van der Waals surface area contributed by atoms with Crippen molar-refractivity contribution in [1.82, 2.24) is 5.32 Å². The van der Waals surface area contributed by atoms with Gasteiger partial charge in [-0.1, -0.05) is 28.1 Å². The smallest absolute Gasteiger partial charge is 0.0616 e. The summed E-state index contributed by atoms with van der Waals surface area (Å²) >= 11 is 3.58. The van der Waals surface area contributed by atoms with Crippen LogP contribution >= 0.6 is 15.9 Å². The lowest BCUT2D eigenvalue weighted by atomic mass is 9.78. The first-order valence-corrected chi connectivity index (χ1v) is 6.06. The van der Waals surface area contributed by atoms with Gasteiger partial charge in [-0.15, -0.1) is 0 Å². The Balaban J connectivity index is 2.34. The molecule has 1 atom stereocenters. The van der Waals surface area contributed by atoms with E-state index in [1.165, 1.54) is 15.6 Å². The Morgan fingerprint density at radius 1 is 1.53 bits per heavy atom. The third kappa shape index (κ3) is 1.96. The largest absolute Gasteiger partial charge is 0.394 e. The molecule has 1 aliphatic rings. The minimum atomic E-state index is -0.117. The van der Waals surface area contributed by atoms with Gasteiger partial charge >= 0.3 is 0 Å². The van der Waals surface area contributed by atoms with Crippen LogP contribution in [0.1, 0.15) is 17.5 Å². The van der Waals surface area contributed by atoms with Crippen molar-refractivity contribution in [3.05, 3.63) is 33.8 Å². The Kier molecular flexibility index (Phi) is 3.14. The standard InChI is InChI=1S/C12H16BrNO/c1-14-12(8-15)6-5-10-9(7-12)3-2-4-11(10)13/h2-4,14-15H,5-8H2,1H3. The third-order valence-electron chi connectivity index (χ3n) is 3.43. The minimum absolute atomic E-state index is 0.117. The Morgan fingerprint density at radius 2 is 2.33 bits per heavy atom. The summed E-state index contributed by atoms with van der Waals surface area (Å²) in [5.41, 5.74) is 2.63. The van der Waals surface area contributed by atoms with Gasteiger partial charge in [-0.25, -0.2) is 0 Å². The van der Waals surface area contributed by atoms with Gasteiger partial charge in [0.25, 0.3) is 0 Å². The van der Waals surface area contributed by atoms with Gasteiger partial charge < -0.3 is 10.4 Å². The van der Waals surface area contributed by atoms with Gasteiger partial charge in [-0.05, 0) is 43.5 Å². The van der Waals surface area contributed by atoms with E-state index in [0.717, 1.165) is 19.3 Å². The second-order valence-electron chi connectivity index (χ2n) is 4.24. The second kappa shape index (κ2) is 4.24. The molecule has 0 saturated carbocycles. The zero-order valence-corrected chi connectivity index (χ0v) is 10.5. The van der Waals surface area contributed by atoms with Crippen LogP contribution in [0.5, 0.6) is 0 Å². The zero-order valence-electron chi connectivity index (χ0n) is 8.89. The molecule has 0 fully saturated rings. The highest BCUT2D eigenvalue weighted by atomic mass is 79.9. The summed E-state index contributed by atoms with van der Waals surface area (Å²) in [5.74, 6) is 0. The minimum Gasteiger partial charge on any atom is -0.394 e. The SMILES string of the molecule is CNC1(CO)CCc2c(Br)cccc2C1. The van der Waals surface area contributed by atoms with E-state index in [-0.39, 0.29) is 12.1 Å². The van der Waals surface area contributed by atoms with E-state index in [2.05, 4.69) is 39.4 Å². The van der Waals surface area contributed by atoms with E-state index in [1.807, 2.05) is 7.05 Å². The number of halogens is 1. The molecule has 0 aliphatic heterocycles. The van der Waals surface area contributed by atoms with E-state index in [0.29, 0.717) is 0 Å². The van der Waals surface area contributed by atoms with Gasteiger partial charge in [0.15, 0.2) is 0 Å². The lowest BCUT2D eigenvalue weighted by Crippen LogP contribution is -2.50. The van der Waals surface area contributed by atoms with Gasteiger partial charge in [0.2, 0.25) is 0 Å². The molecule has 1 unspecified atom stereocenters. The van der Waals surface area contributed by atoms with E-state index in [9.17, 15) is 5.11 Å². The van der Waals surface area contributed by atoms with Crippen molar-refractivity contribution in [3.8, 4) is 0 Å². The molecule has 0 radical (unpaired) electrons. The van der Waals surface area contributed by atoms with Crippen molar-refractivity contribution in [3.63, 3.8) is 0 Å². The normalized spacial score (nSPS) is 25.0. The molecule has 1 aliphatic carbocycles. The number of hydrogen-bond donors (Lipinski definition) is 2. The average Bonchev–Trinajstić information content (AvgIpc) is 2.29. The molecule has 0 saturated heterocycles. The predicted molar refractivity (Wildman–Crippen MR) is 65.0 cm³/mol. The number of likely N-dealkylation sites (N-methyl/N-ethyl adjacent to an activating group) is 1. The van der Waals surface area contributed by atoms with Crippen molar-refractivity contribution in [1.29, 1.82) is 0 Å². The first-order chi connectivity index (χ1) is 7.21. The molecule has 0 amide bonds. The summed E-state index contributed by atoms with van der Waals surface area (Å²) in [5, 5.41) is 12.7. The fourth-order valence-electron chi connectivity index (χ4n) is 2.29. The molecule has 15 heavy (non-hydrogen) atoms. The molecule has 1 aromatic rings. The molecule has 0 spiro atoms. The number of nitrogens with one attached hydrogen (secondary N) is 1. The van der Waals surface area contributed by atoms with Gasteiger partial charge in [0.1, 0.15) is 0 Å². The maximum atomic E-state index is 9.46. The van der Waals surface area contributed by atoms with Crippen LogP contribution in [0.15, 0.2) is 22.7 Å². The fourth-order valence-corrected chi connectivity index (χ4v) is 2.90. The molecular weight excluding hydrogens is 254 g/mol. The number of rotatable bonds is 2. The number of benzene rings is 1. The quantitative estimate of drug-likeness (QED) is 0.860. The van der Waals surface area contributed by atoms with Crippen LogP contribution in [0.2, 0.25) is 0 Å². The third-order valence-corrected chi connectivity index (χ3v) is 4.17. The average molecular weight is 270 g/mol. The first-order valence-electron chi connectivity index (χ1n) is 5.27. The lowest BCUT2D eigenvalue weighted by molar-refractivity contribution is 0.153. The summed E-state index contributed by atoms with van der Waals surface area (Å²) in [4.78, 5) is 0. The maximum Gasteiger partial charge on any atom is 0.0616 e. The van der Waals surface area contributed by atoms with Crippen molar-refractivity contribution >= 4 is 15.9 Å². The van der Waals surface area contributed by atoms with Crippen molar-refractivity contribution in [2.24, 2.45) is 0 Å². The van der Waals surface area contributed by atoms with Crippen LogP contribution < -0.4 is 5.32 Å². The van der Waals surface area contributed by atoms with E-state index in [4.69, 9.17) is 0 Å². The van der Waals surface area contributed by atoms with Gasteiger partial charge in [0, 0.05) is 10.0 Å². The molecule has 2 rings (SSSR count). The van der Waals surface area contributed by atoms with Crippen LogP contribution in [0.3, 0.4) is 0 Å². The molecule has 2 nitrogen and oxygen atoms in total. The van der Waals surface area contributed by atoms with E-state index < -0.39 is 0 Å². The Hall–Kier alpha value is -0.380. The van der Waals surface area contributed by atoms with Gasteiger partial charge in [-0.2, -0.15) is 0 Å². The monoisotopic (exact) mass is 269 g/mol. The highest BCUT2D eigenvalue weighted by Crippen LogP contribution is 2.32. The first kappa shape index (κ1) is 11.1. The van der Waals surface area contributed by atoms with Crippen LogP contribution in [0.25, 0.3) is 0 Å². The molecule has 0 heterocycles. The van der Waals surface area contributed by atoms with E-state index in [1.54, 1.807) is 0 Å². The van der Waals surface area contributed by atoms with Gasteiger partial charge in [-0.3, -0.25) is 0 Å². The number of fused-ring (bicyclic) bond motifs is 1. The Bertz CT molecular complexity index is 361. The summed E-state index contributed by atoms with van der Waals surface area (Å²) < 4.78 is 1.20. The summed E-state index contributed by atoms with van der Waals surface area (Å²) in [6.07, 6.45) is 2.93. The second-order valence-corrected chi connectivity index (χ2v) is 5.10. The molecule has 82 valence electrons. The molecule has 2 N–H and O–H groups in total. The zero-order chi connectivity index (χ0) is 10.9. The van der Waals surface area contributed by atoms with Crippen LogP contribution in [-0.4, -0.2) is 24.3 Å². The maximum absolute atomic E-state index is 9.46. The highest BCUT2D eigenvalue weighted by Gasteiger charge is 2.32. The Labute approximate surface area is 98.8 Å². The van der Waals surface area contributed by atoms with Crippen LogP contribution in [0, 0.1) is 0 Å². The lowest BCUT2D eigenvalue weighted by Gasteiger charge is -2.36. The predicted octanol–water partition coefficient (Wildman–Crippen LogP) is 1.89. The molecule has 1 aromatic carbocycles. The van der Waals surface area contributed by atoms with Gasteiger partial charge in [0.05, 0.1) is 6.61 Å². The topological polar surface area (TPSA) is 32.3 Å².